The van der Waals surface area contributed by atoms with Gasteiger partial charge >= 0.3 is 5.97 Å². The molecule has 5 nitrogen and oxygen atoms in total. The molecule has 6 heteroatoms. The van der Waals surface area contributed by atoms with E-state index in [1.54, 1.807) is 31.2 Å². The second-order valence-electron chi connectivity index (χ2n) is 6.16. The van der Waals surface area contributed by atoms with Gasteiger partial charge in [0.25, 0.3) is 0 Å². The number of benzene rings is 2. The van der Waals surface area contributed by atoms with Gasteiger partial charge in [0, 0.05) is 16.0 Å². The van der Waals surface area contributed by atoms with Crippen molar-refractivity contribution in [3.8, 4) is 0 Å². The summed E-state index contributed by atoms with van der Waals surface area (Å²) < 4.78 is 6.18. The van der Waals surface area contributed by atoms with Crippen molar-refractivity contribution in [3.63, 3.8) is 0 Å². The fourth-order valence-electron chi connectivity index (χ4n) is 2.96. The van der Waals surface area contributed by atoms with Crippen LogP contribution in [0.25, 0.3) is 10.1 Å². The topological polar surface area (TPSA) is 72.5 Å². The van der Waals surface area contributed by atoms with Gasteiger partial charge in [-0.3, -0.25) is 9.59 Å². The van der Waals surface area contributed by atoms with Gasteiger partial charge in [0.2, 0.25) is 5.91 Å². The molecule has 1 aromatic heterocycles. The number of Topliss-reactive ketones (excluding diaryl/α,β-unsaturated/α-hetero) is 1. The van der Waals surface area contributed by atoms with Crippen molar-refractivity contribution in [2.24, 2.45) is 0 Å². The summed E-state index contributed by atoms with van der Waals surface area (Å²) >= 11 is 1.34. The Hall–Kier alpha value is -2.99. The van der Waals surface area contributed by atoms with Crippen molar-refractivity contribution in [2.45, 2.75) is 12.8 Å². The molecule has 0 saturated carbocycles. The third-order valence-corrected chi connectivity index (χ3v) is 5.55. The molecule has 2 aromatic carbocycles. The highest BCUT2D eigenvalue weighted by atomic mass is 32.1. The molecule has 1 atom stereocenters. The summed E-state index contributed by atoms with van der Waals surface area (Å²) in [7, 11) is 0. The first-order chi connectivity index (χ1) is 12.5. The third-order valence-electron chi connectivity index (χ3n) is 4.45. The van der Waals surface area contributed by atoms with Crippen LogP contribution < -0.4 is 5.32 Å². The average Bonchev–Trinajstić information content (AvgIpc) is 3.20. The summed E-state index contributed by atoms with van der Waals surface area (Å²) in [6.07, 6.45) is 0. The van der Waals surface area contributed by atoms with Crippen LogP contribution >= 0.6 is 11.3 Å². The zero-order chi connectivity index (χ0) is 18.3. The zero-order valence-electron chi connectivity index (χ0n) is 13.9. The van der Waals surface area contributed by atoms with Gasteiger partial charge in [-0.1, -0.05) is 18.2 Å². The van der Waals surface area contributed by atoms with Crippen LogP contribution in [-0.4, -0.2) is 24.3 Å². The van der Waals surface area contributed by atoms with Crippen LogP contribution in [0, 0.1) is 0 Å². The Bertz CT molecular complexity index is 1020. The molecule has 1 amide bonds. The van der Waals surface area contributed by atoms with E-state index in [0.717, 1.165) is 21.3 Å². The van der Waals surface area contributed by atoms with Crippen LogP contribution in [-0.2, 0) is 9.53 Å². The molecule has 130 valence electrons. The molecule has 2 heterocycles. The Morgan fingerprint density at radius 1 is 1.15 bits per heavy atom. The van der Waals surface area contributed by atoms with E-state index in [9.17, 15) is 14.4 Å². The maximum absolute atomic E-state index is 12.4. The van der Waals surface area contributed by atoms with Gasteiger partial charge in [0.1, 0.15) is 4.88 Å². The van der Waals surface area contributed by atoms with E-state index in [4.69, 9.17) is 4.74 Å². The highest BCUT2D eigenvalue weighted by molar-refractivity contribution is 7.20. The van der Waals surface area contributed by atoms with Crippen LogP contribution in [0.4, 0.5) is 5.69 Å². The van der Waals surface area contributed by atoms with Crippen molar-refractivity contribution in [1.29, 1.82) is 0 Å². The SMILES string of the molecule is C[C@@H]1C(=O)Nc2ccc(C(=O)COC(=O)c3cc4ccccc4s3)cc21. The fraction of sp³-hybridized carbons (Fsp3) is 0.150. The number of ketones is 1. The first kappa shape index (κ1) is 16.5. The molecule has 0 bridgehead atoms. The summed E-state index contributed by atoms with van der Waals surface area (Å²) in [5.74, 6) is -1.18. The van der Waals surface area contributed by atoms with Gasteiger partial charge < -0.3 is 10.1 Å². The lowest BCUT2D eigenvalue weighted by Crippen LogP contribution is -2.13. The van der Waals surface area contributed by atoms with E-state index < -0.39 is 5.97 Å². The van der Waals surface area contributed by atoms with Crippen LogP contribution in [0.5, 0.6) is 0 Å². The lowest BCUT2D eigenvalue weighted by atomic mass is 9.99. The van der Waals surface area contributed by atoms with Crippen molar-refractivity contribution in [2.75, 3.05) is 11.9 Å². The molecule has 1 aliphatic rings. The minimum atomic E-state index is -0.508. The highest BCUT2D eigenvalue weighted by Gasteiger charge is 2.27. The molecule has 1 N–H and O–H groups in total. The molecule has 0 unspecified atom stereocenters. The van der Waals surface area contributed by atoms with Gasteiger partial charge in [-0.2, -0.15) is 0 Å². The van der Waals surface area contributed by atoms with Gasteiger partial charge in [-0.25, -0.2) is 4.79 Å². The van der Waals surface area contributed by atoms with E-state index in [1.165, 1.54) is 11.3 Å². The smallest absolute Gasteiger partial charge is 0.348 e. The second kappa shape index (κ2) is 6.38. The van der Waals surface area contributed by atoms with E-state index >= 15 is 0 Å². The molecule has 0 fully saturated rings. The van der Waals surface area contributed by atoms with Crippen LogP contribution in [0.2, 0.25) is 0 Å². The fourth-order valence-corrected chi connectivity index (χ4v) is 3.92. The van der Waals surface area contributed by atoms with Crippen molar-refractivity contribution in [1.82, 2.24) is 0 Å². The molecule has 3 aromatic rings. The number of fused-ring (bicyclic) bond motifs is 2. The number of hydrogen-bond donors (Lipinski definition) is 1. The Labute approximate surface area is 153 Å². The van der Waals surface area contributed by atoms with Crippen molar-refractivity contribution >= 4 is 44.8 Å². The van der Waals surface area contributed by atoms with Crippen LogP contribution in [0.15, 0.2) is 48.5 Å². The molecule has 0 saturated heterocycles. The minimum absolute atomic E-state index is 0.0826. The summed E-state index contributed by atoms with van der Waals surface area (Å²) in [5.41, 5.74) is 1.94. The molecular formula is C20H15NO4S. The molecular weight excluding hydrogens is 350 g/mol. The number of amides is 1. The Morgan fingerprint density at radius 3 is 2.77 bits per heavy atom. The Balaban J connectivity index is 1.45. The standard InChI is InChI=1S/C20H15NO4S/c1-11-14-8-12(6-7-15(14)21-19(11)23)16(22)10-25-20(24)18-9-13-4-2-3-5-17(13)26-18/h2-9,11H,10H2,1H3,(H,21,23)/t11-/m0/s1. The molecule has 1 aliphatic heterocycles. The van der Waals surface area contributed by atoms with Gasteiger partial charge in [0.05, 0.1) is 5.92 Å². The van der Waals surface area contributed by atoms with Gasteiger partial charge in [0.15, 0.2) is 12.4 Å². The number of carbonyl (C=O) groups excluding carboxylic acids is 3. The van der Waals surface area contributed by atoms with Crippen LogP contribution in [0.3, 0.4) is 0 Å². The predicted octanol–water partition coefficient (Wildman–Crippen LogP) is 4.00. The minimum Gasteiger partial charge on any atom is -0.453 e. The number of anilines is 1. The highest BCUT2D eigenvalue weighted by Crippen LogP contribution is 2.32. The molecule has 0 spiro atoms. The van der Waals surface area contributed by atoms with E-state index in [1.807, 2.05) is 24.3 Å². The van der Waals surface area contributed by atoms with E-state index in [0.29, 0.717) is 10.4 Å². The predicted molar refractivity (Wildman–Crippen MR) is 99.9 cm³/mol. The number of nitrogens with one attached hydrogen (secondary N) is 1. The first-order valence-electron chi connectivity index (χ1n) is 8.16. The van der Waals surface area contributed by atoms with Gasteiger partial charge in [-0.15, -0.1) is 11.3 Å². The van der Waals surface area contributed by atoms with E-state index in [2.05, 4.69) is 5.32 Å². The number of rotatable bonds is 4. The number of carbonyl (C=O) groups is 3. The maximum Gasteiger partial charge on any atom is 0.348 e. The number of ether oxygens (including phenoxy) is 1. The summed E-state index contributed by atoms with van der Waals surface area (Å²) in [6.45, 7) is 1.46. The number of hydrogen-bond acceptors (Lipinski definition) is 5. The maximum atomic E-state index is 12.4. The Morgan fingerprint density at radius 2 is 1.96 bits per heavy atom. The summed E-state index contributed by atoms with van der Waals surface area (Å²) in [5, 5.41) is 3.74. The molecule has 26 heavy (non-hydrogen) atoms. The monoisotopic (exact) mass is 365 g/mol. The quantitative estimate of drug-likeness (QED) is 0.560. The van der Waals surface area contributed by atoms with Crippen LogP contribution in [0.1, 0.15) is 38.4 Å². The number of thiophene rings is 1. The lowest BCUT2D eigenvalue weighted by Gasteiger charge is -2.06. The van der Waals surface area contributed by atoms with E-state index in [-0.39, 0.29) is 24.2 Å². The lowest BCUT2D eigenvalue weighted by molar-refractivity contribution is -0.116. The largest absolute Gasteiger partial charge is 0.453 e. The number of esters is 1. The Kier molecular flexibility index (Phi) is 4.05. The van der Waals surface area contributed by atoms with Gasteiger partial charge in [-0.05, 0) is 48.2 Å². The summed E-state index contributed by atoms with van der Waals surface area (Å²) in [6, 6.07) is 14.5. The normalized spacial score (nSPS) is 15.6. The summed E-state index contributed by atoms with van der Waals surface area (Å²) in [4.78, 5) is 36.7. The second-order valence-corrected chi connectivity index (χ2v) is 7.24. The van der Waals surface area contributed by atoms with Crippen molar-refractivity contribution in [3.05, 3.63) is 64.5 Å². The zero-order valence-corrected chi connectivity index (χ0v) is 14.8. The average molecular weight is 365 g/mol. The molecule has 4 rings (SSSR count). The first-order valence-corrected chi connectivity index (χ1v) is 8.98. The van der Waals surface area contributed by atoms with Crippen molar-refractivity contribution < 1.29 is 19.1 Å². The molecule has 0 aliphatic carbocycles. The molecule has 0 radical (unpaired) electrons. The third kappa shape index (κ3) is 2.88.